The summed E-state index contributed by atoms with van der Waals surface area (Å²) in [5.41, 5.74) is 0.380. The van der Waals surface area contributed by atoms with Gasteiger partial charge in [0.05, 0.1) is 25.6 Å². The summed E-state index contributed by atoms with van der Waals surface area (Å²) >= 11 is 0. The van der Waals surface area contributed by atoms with Gasteiger partial charge >= 0.3 is 12.1 Å². The molecule has 1 aliphatic heterocycles. The van der Waals surface area contributed by atoms with Gasteiger partial charge in [-0.1, -0.05) is 30.3 Å². The molecule has 1 aromatic carbocycles. The molecule has 0 aliphatic carbocycles. The Labute approximate surface area is 208 Å². The van der Waals surface area contributed by atoms with Crippen molar-refractivity contribution in [1.29, 1.82) is 0 Å². The van der Waals surface area contributed by atoms with Crippen LogP contribution in [-0.2, 0) is 14.3 Å². The molecule has 2 N–H and O–H groups in total. The molecule has 1 aliphatic rings. The third kappa shape index (κ3) is 9.22. The quantitative estimate of drug-likeness (QED) is 0.239. The van der Waals surface area contributed by atoms with Crippen LogP contribution in [0.1, 0.15) is 52.1 Å². The minimum Gasteiger partial charge on any atom is -0.469 e. The first-order valence-electron chi connectivity index (χ1n) is 10.9. The van der Waals surface area contributed by atoms with Gasteiger partial charge in [-0.15, -0.1) is 24.0 Å². The van der Waals surface area contributed by atoms with Crippen LogP contribution in [0.4, 0.5) is 4.79 Å². The number of nitrogens with one attached hydrogen (secondary N) is 2. The normalized spacial score (nSPS) is 15.9. The Kier molecular flexibility index (Phi) is 11.8. The predicted molar refractivity (Wildman–Crippen MR) is 136 cm³/mol. The summed E-state index contributed by atoms with van der Waals surface area (Å²) in [6.45, 7) is 10.1. The number of piperidine rings is 1. The number of carbonyl (C=O) groups is 2. The summed E-state index contributed by atoms with van der Waals surface area (Å²) in [5, 5.41) is 6.27. The summed E-state index contributed by atoms with van der Waals surface area (Å²) in [7, 11) is 1.43. The molecule has 9 heteroatoms. The zero-order valence-corrected chi connectivity index (χ0v) is 22.1. The first kappa shape index (κ1) is 28.0. The molecule has 2 rings (SSSR count). The van der Waals surface area contributed by atoms with E-state index in [0.29, 0.717) is 6.54 Å². The highest BCUT2D eigenvalue weighted by atomic mass is 127. The number of halogens is 1. The van der Waals surface area contributed by atoms with Gasteiger partial charge < -0.3 is 25.0 Å². The molecule has 1 atom stereocenters. The molecule has 1 heterocycles. The van der Waals surface area contributed by atoms with Crippen molar-refractivity contribution in [3.8, 4) is 0 Å². The molecule has 1 unspecified atom stereocenters. The van der Waals surface area contributed by atoms with Gasteiger partial charge in [-0.25, -0.2) is 4.79 Å². The number of rotatable bonds is 6. The molecule has 0 bridgehead atoms. The third-order valence-corrected chi connectivity index (χ3v) is 4.98. The lowest BCUT2D eigenvalue weighted by atomic mass is 9.97. The van der Waals surface area contributed by atoms with Crippen LogP contribution < -0.4 is 10.6 Å². The molecule has 180 valence electrons. The fraction of sp³-hybridized carbons (Fsp3) is 0.609. The highest BCUT2D eigenvalue weighted by Crippen LogP contribution is 2.19. The average Bonchev–Trinajstić information content (AvgIpc) is 2.74. The van der Waals surface area contributed by atoms with E-state index >= 15 is 0 Å². The van der Waals surface area contributed by atoms with Gasteiger partial charge in [-0.2, -0.15) is 0 Å². The number of ether oxygens (including phenoxy) is 2. The summed E-state index contributed by atoms with van der Waals surface area (Å²) in [4.78, 5) is 31.1. The maximum absolute atomic E-state index is 12.4. The highest BCUT2D eigenvalue weighted by Gasteiger charge is 2.27. The number of benzene rings is 1. The van der Waals surface area contributed by atoms with Crippen molar-refractivity contribution in [2.75, 3.05) is 33.3 Å². The molecule has 8 nitrogen and oxygen atoms in total. The van der Waals surface area contributed by atoms with E-state index in [9.17, 15) is 9.59 Å². The SMILES string of the molecule is CCNC(=NCC(NC(=O)OC(C)(C)C)c1ccccc1)N1CCC(C(=O)OC)CC1.I. The van der Waals surface area contributed by atoms with Gasteiger partial charge in [-0.05, 0) is 46.1 Å². The van der Waals surface area contributed by atoms with Gasteiger partial charge in [0.2, 0.25) is 0 Å². The van der Waals surface area contributed by atoms with E-state index in [4.69, 9.17) is 14.5 Å². The van der Waals surface area contributed by atoms with Crippen LogP contribution in [0.5, 0.6) is 0 Å². The molecule has 0 radical (unpaired) electrons. The summed E-state index contributed by atoms with van der Waals surface area (Å²) in [6, 6.07) is 9.42. The van der Waals surface area contributed by atoms with Crippen LogP contribution in [0.2, 0.25) is 0 Å². The topological polar surface area (TPSA) is 92.3 Å². The number of carbonyl (C=O) groups excluding carboxylic acids is 2. The Morgan fingerprint density at radius 2 is 1.81 bits per heavy atom. The standard InChI is InChI=1S/C23H36N4O4.HI/c1-6-24-21(27-14-12-18(13-15-27)20(28)30-5)25-16-19(17-10-8-7-9-11-17)26-22(29)31-23(2,3)4;/h7-11,18-19H,6,12-16H2,1-5H3,(H,24,25)(H,26,29);1H. The van der Waals surface area contributed by atoms with Gasteiger partial charge in [0.15, 0.2) is 5.96 Å². The number of guanidine groups is 1. The zero-order chi connectivity index (χ0) is 22.9. The monoisotopic (exact) mass is 560 g/mol. The van der Waals surface area contributed by atoms with Crippen LogP contribution in [0.15, 0.2) is 35.3 Å². The first-order chi connectivity index (χ1) is 14.7. The van der Waals surface area contributed by atoms with Crippen molar-refractivity contribution >= 4 is 42.0 Å². The molecule has 1 aromatic rings. The van der Waals surface area contributed by atoms with E-state index in [1.807, 2.05) is 58.0 Å². The van der Waals surface area contributed by atoms with Crippen molar-refractivity contribution in [1.82, 2.24) is 15.5 Å². The second-order valence-electron chi connectivity index (χ2n) is 8.59. The maximum atomic E-state index is 12.4. The first-order valence-corrected chi connectivity index (χ1v) is 10.9. The van der Waals surface area contributed by atoms with Crippen LogP contribution in [-0.4, -0.2) is 61.8 Å². The van der Waals surface area contributed by atoms with Crippen molar-refractivity contribution < 1.29 is 19.1 Å². The third-order valence-electron chi connectivity index (χ3n) is 4.98. The minimum atomic E-state index is -0.576. The Hall–Kier alpha value is -2.04. The van der Waals surface area contributed by atoms with Crippen molar-refractivity contribution in [3.63, 3.8) is 0 Å². The summed E-state index contributed by atoms with van der Waals surface area (Å²) in [6.07, 6.45) is 0.991. The molecular weight excluding hydrogens is 523 g/mol. The molecule has 1 amide bonds. The van der Waals surface area contributed by atoms with E-state index in [2.05, 4.69) is 15.5 Å². The number of methoxy groups -OCH3 is 1. The highest BCUT2D eigenvalue weighted by molar-refractivity contribution is 14.0. The lowest BCUT2D eigenvalue weighted by molar-refractivity contribution is -0.146. The van der Waals surface area contributed by atoms with Gasteiger partial charge in [0.25, 0.3) is 0 Å². The average molecular weight is 560 g/mol. The van der Waals surface area contributed by atoms with Crippen LogP contribution >= 0.6 is 24.0 Å². The fourth-order valence-corrected chi connectivity index (χ4v) is 3.47. The number of likely N-dealkylation sites (tertiary alicyclic amines) is 1. The Morgan fingerprint density at radius 3 is 2.34 bits per heavy atom. The lowest BCUT2D eigenvalue weighted by Gasteiger charge is -2.33. The zero-order valence-electron chi connectivity index (χ0n) is 19.7. The molecule has 1 fully saturated rings. The molecule has 32 heavy (non-hydrogen) atoms. The summed E-state index contributed by atoms with van der Waals surface area (Å²) in [5.74, 6) is 0.569. The number of aliphatic imine (C=N–C) groups is 1. The lowest BCUT2D eigenvalue weighted by Crippen LogP contribution is -2.47. The molecule has 0 aromatic heterocycles. The Bertz CT molecular complexity index is 744. The van der Waals surface area contributed by atoms with Gasteiger partial charge in [-0.3, -0.25) is 9.79 Å². The Balaban J connectivity index is 0.00000512. The number of esters is 1. The van der Waals surface area contributed by atoms with E-state index < -0.39 is 11.7 Å². The van der Waals surface area contributed by atoms with Gasteiger partial charge in [0.1, 0.15) is 5.60 Å². The fourth-order valence-electron chi connectivity index (χ4n) is 3.47. The predicted octanol–water partition coefficient (Wildman–Crippen LogP) is 3.72. The van der Waals surface area contributed by atoms with Crippen molar-refractivity contribution in [2.45, 2.75) is 52.2 Å². The number of amides is 1. The van der Waals surface area contributed by atoms with Crippen LogP contribution in [0.3, 0.4) is 0 Å². The van der Waals surface area contributed by atoms with E-state index in [1.165, 1.54) is 7.11 Å². The second kappa shape index (κ2) is 13.5. The second-order valence-corrected chi connectivity index (χ2v) is 8.59. The molecule has 0 saturated carbocycles. The van der Waals surface area contributed by atoms with Crippen molar-refractivity contribution in [2.24, 2.45) is 10.9 Å². The molecule has 1 saturated heterocycles. The Morgan fingerprint density at radius 1 is 1.19 bits per heavy atom. The number of nitrogens with zero attached hydrogens (tertiary/aromatic N) is 2. The van der Waals surface area contributed by atoms with Crippen LogP contribution in [0, 0.1) is 5.92 Å². The maximum Gasteiger partial charge on any atom is 0.408 e. The smallest absolute Gasteiger partial charge is 0.408 e. The van der Waals surface area contributed by atoms with Crippen LogP contribution in [0.25, 0.3) is 0 Å². The van der Waals surface area contributed by atoms with E-state index in [-0.39, 0.29) is 41.9 Å². The largest absolute Gasteiger partial charge is 0.469 e. The minimum absolute atomic E-state index is 0. The summed E-state index contributed by atoms with van der Waals surface area (Å²) < 4.78 is 10.3. The van der Waals surface area contributed by atoms with E-state index in [1.54, 1.807) is 0 Å². The van der Waals surface area contributed by atoms with Crippen molar-refractivity contribution in [3.05, 3.63) is 35.9 Å². The molecule has 0 spiro atoms. The van der Waals surface area contributed by atoms with E-state index in [0.717, 1.165) is 44.0 Å². The van der Waals surface area contributed by atoms with Gasteiger partial charge in [0, 0.05) is 19.6 Å². The number of hydrogen-bond acceptors (Lipinski definition) is 5. The number of alkyl carbamates (subject to hydrolysis) is 1. The molecular formula is C23H37IN4O4. The number of hydrogen-bond donors (Lipinski definition) is 2.